The second-order valence-electron chi connectivity index (χ2n) is 4.83. The minimum atomic E-state index is 0.726. The summed E-state index contributed by atoms with van der Waals surface area (Å²) >= 11 is 0. The van der Waals surface area contributed by atoms with Gasteiger partial charge in [-0.1, -0.05) is 38.3 Å². The fourth-order valence-electron chi connectivity index (χ4n) is 2.22. The Morgan fingerprint density at radius 1 is 1.21 bits per heavy atom. The first-order chi connectivity index (χ1) is 9.24. The van der Waals surface area contributed by atoms with Crippen LogP contribution in [0.2, 0.25) is 0 Å². The summed E-state index contributed by atoms with van der Waals surface area (Å²) in [4.78, 5) is 0. The molecule has 1 aromatic carbocycles. The van der Waals surface area contributed by atoms with E-state index in [4.69, 9.17) is 5.73 Å². The zero-order valence-electron chi connectivity index (χ0n) is 11.6. The fraction of sp³-hybridized carbons (Fsp3) is 0.500. The van der Waals surface area contributed by atoms with Gasteiger partial charge in [0.25, 0.3) is 0 Å². The van der Waals surface area contributed by atoms with Crippen molar-refractivity contribution in [2.24, 2.45) is 0 Å². The van der Waals surface area contributed by atoms with Crippen LogP contribution in [0.3, 0.4) is 0 Å². The second kappa shape index (κ2) is 6.31. The number of aryl methyl sites for hydroxylation is 2. The summed E-state index contributed by atoms with van der Waals surface area (Å²) in [5.41, 5.74) is 8.82. The number of hydrogen-bond acceptors (Lipinski definition) is 4. The van der Waals surface area contributed by atoms with E-state index in [1.54, 1.807) is 0 Å². The van der Waals surface area contributed by atoms with Crippen LogP contribution in [0.1, 0.15) is 38.2 Å². The van der Waals surface area contributed by atoms with E-state index in [1.165, 1.54) is 19.3 Å². The maximum atomic E-state index is 6.05. The number of benzene rings is 1. The van der Waals surface area contributed by atoms with Gasteiger partial charge in [-0.3, -0.25) is 0 Å². The molecule has 0 saturated heterocycles. The molecule has 2 N–H and O–H groups in total. The minimum absolute atomic E-state index is 0.726. The highest BCUT2D eigenvalue weighted by atomic mass is 15.5. The number of nitrogen functional groups attached to an aromatic ring is 1. The highest BCUT2D eigenvalue weighted by Crippen LogP contribution is 2.27. The average molecular weight is 259 g/mol. The Morgan fingerprint density at radius 2 is 2.05 bits per heavy atom. The minimum Gasteiger partial charge on any atom is -0.398 e. The predicted octanol–water partition coefficient (Wildman–Crippen LogP) is 2.81. The van der Waals surface area contributed by atoms with Crippen LogP contribution in [-0.2, 0) is 6.54 Å². The first-order valence-electron chi connectivity index (χ1n) is 6.85. The van der Waals surface area contributed by atoms with Crippen LogP contribution in [-0.4, -0.2) is 20.2 Å². The number of tetrazole rings is 1. The predicted molar refractivity (Wildman–Crippen MR) is 76.5 cm³/mol. The van der Waals surface area contributed by atoms with Crippen molar-refractivity contribution in [1.82, 2.24) is 20.2 Å². The van der Waals surface area contributed by atoms with Gasteiger partial charge in [-0.25, -0.2) is 4.68 Å². The number of rotatable bonds is 6. The molecule has 0 bridgehead atoms. The number of nitrogens with zero attached hydrogens (tertiary/aromatic N) is 4. The van der Waals surface area contributed by atoms with Gasteiger partial charge in [0.15, 0.2) is 5.82 Å². The SMILES string of the molecule is CCCCCCn1nnnc1-c1c(C)cccc1N. The molecule has 0 amide bonds. The van der Waals surface area contributed by atoms with Crippen LogP contribution < -0.4 is 5.73 Å². The monoisotopic (exact) mass is 259 g/mol. The molecule has 2 aromatic rings. The lowest BCUT2D eigenvalue weighted by Gasteiger charge is -2.09. The third-order valence-corrected chi connectivity index (χ3v) is 3.28. The molecule has 0 saturated carbocycles. The molecular formula is C14H21N5. The molecule has 0 radical (unpaired) electrons. The number of hydrogen-bond donors (Lipinski definition) is 1. The van der Waals surface area contributed by atoms with Gasteiger partial charge in [0.1, 0.15) is 0 Å². The van der Waals surface area contributed by atoms with Gasteiger partial charge in [0, 0.05) is 17.8 Å². The standard InChI is InChI=1S/C14H21N5/c1-3-4-5-6-10-19-14(16-17-18-19)13-11(2)8-7-9-12(13)15/h7-9H,3-6,10,15H2,1-2H3. The molecule has 0 unspecified atom stereocenters. The van der Waals surface area contributed by atoms with E-state index in [9.17, 15) is 0 Å². The van der Waals surface area contributed by atoms with Gasteiger partial charge in [-0.15, -0.1) is 5.10 Å². The number of unbranched alkanes of at least 4 members (excludes halogenated alkanes) is 3. The molecule has 1 heterocycles. The van der Waals surface area contributed by atoms with E-state index in [2.05, 4.69) is 22.4 Å². The molecule has 0 atom stereocenters. The van der Waals surface area contributed by atoms with Crippen molar-refractivity contribution in [1.29, 1.82) is 0 Å². The summed E-state index contributed by atoms with van der Waals surface area (Å²) in [7, 11) is 0. The number of anilines is 1. The van der Waals surface area contributed by atoms with Crippen molar-refractivity contribution in [3.63, 3.8) is 0 Å². The van der Waals surface area contributed by atoms with Crippen molar-refractivity contribution >= 4 is 5.69 Å². The maximum Gasteiger partial charge on any atom is 0.184 e. The van der Waals surface area contributed by atoms with Gasteiger partial charge < -0.3 is 5.73 Å². The lowest BCUT2D eigenvalue weighted by Crippen LogP contribution is -2.05. The second-order valence-corrected chi connectivity index (χ2v) is 4.83. The quantitative estimate of drug-likeness (QED) is 0.639. The lowest BCUT2D eigenvalue weighted by atomic mass is 10.1. The van der Waals surface area contributed by atoms with Crippen LogP contribution in [0.5, 0.6) is 0 Å². The Bertz CT molecular complexity index is 512. The topological polar surface area (TPSA) is 69.6 Å². The number of nitrogens with two attached hydrogens (primary N) is 1. The maximum absolute atomic E-state index is 6.05. The largest absolute Gasteiger partial charge is 0.398 e. The van der Waals surface area contributed by atoms with E-state index in [0.717, 1.165) is 35.6 Å². The smallest absolute Gasteiger partial charge is 0.184 e. The molecule has 0 fully saturated rings. The molecule has 0 aliphatic carbocycles. The molecule has 1 aromatic heterocycles. The molecule has 5 nitrogen and oxygen atoms in total. The first-order valence-corrected chi connectivity index (χ1v) is 6.85. The zero-order chi connectivity index (χ0) is 13.7. The Labute approximate surface area is 113 Å². The van der Waals surface area contributed by atoms with Crippen molar-refractivity contribution < 1.29 is 0 Å². The van der Waals surface area contributed by atoms with E-state index in [1.807, 2.05) is 29.8 Å². The van der Waals surface area contributed by atoms with Crippen LogP contribution in [0, 0.1) is 6.92 Å². The van der Waals surface area contributed by atoms with Crippen molar-refractivity contribution in [2.75, 3.05) is 5.73 Å². The summed E-state index contributed by atoms with van der Waals surface area (Å²) in [6.45, 7) is 5.08. The fourth-order valence-corrected chi connectivity index (χ4v) is 2.22. The lowest BCUT2D eigenvalue weighted by molar-refractivity contribution is 0.531. The molecule has 19 heavy (non-hydrogen) atoms. The van der Waals surface area contributed by atoms with Crippen LogP contribution in [0.15, 0.2) is 18.2 Å². The Balaban J connectivity index is 2.19. The van der Waals surface area contributed by atoms with Crippen LogP contribution >= 0.6 is 0 Å². The summed E-state index contributed by atoms with van der Waals surface area (Å²) < 4.78 is 1.86. The van der Waals surface area contributed by atoms with E-state index >= 15 is 0 Å². The summed E-state index contributed by atoms with van der Waals surface area (Å²) in [5, 5.41) is 12.0. The van der Waals surface area contributed by atoms with Gasteiger partial charge >= 0.3 is 0 Å². The third-order valence-electron chi connectivity index (χ3n) is 3.28. The molecule has 0 aliphatic heterocycles. The summed E-state index contributed by atoms with van der Waals surface area (Å²) in [5.74, 6) is 0.770. The Hall–Kier alpha value is -1.91. The first kappa shape index (κ1) is 13.5. The molecule has 102 valence electrons. The van der Waals surface area contributed by atoms with E-state index in [0.29, 0.717) is 0 Å². The van der Waals surface area contributed by atoms with Gasteiger partial charge in [0.2, 0.25) is 0 Å². The van der Waals surface area contributed by atoms with E-state index < -0.39 is 0 Å². The van der Waals surface area contributed by atoms with Crippen LogP contribution in [0.25, 0.3) is 11.4 Å². The Kier molecular flexibility index (Phi) is 4.49. The molecule has 0 spiro atoms. The highest BCUT2D eigenvalue weighted by molar-refractivity contribution is 5.74. The summed E-state index contributed by atoms with van der Waals surface area (Å²) in [6, 6.07) is 5.86. The number of aromatic nitrogens is 4. The molecule has 5 heteroatoms. The zero-order valence-corrected chi connectivity index (χ0v) is 11.6. The average Bonchev–Trinajstić information content (AvgIpc) is 2.83. The Morgan fingerprint density at radius 3 is 2.79 bits per heavy atom. The molecule has 0 aliphatic rings. The van der Waals surface area contributed by atoms with Gasteiger partial charge in [0.05, 0.1) is 0 Å². The van der Waals surface area contributed by atoms with E-state index in [-0.39, 0.29) is 0 Å². The van der Waals surface area contributed by atoms with Gasteiger partial charge in [-0.05, 0) is 35.4 Å². The molecular weight excluding hydrogens is 238 g/mol. The third kappa shape index (κ3) is 3.10. The highest BCUT2D eigenvalue weighted by Gasteiger charge is 2.13. The van der Waals surface area contributed by atoms with Gasteiger partial charge in [-0.2, -0.15) is 0 Å². The summed E-state index contributed by atoms with van der Waals surface area (Å²) in [6.07, 6.45) is 4.79. The van der Waals surface area contributed by atoms with Crippen LogP contribution in [0.4, 0.5) is 5.69 Å². The van der Waals surface area contributed by atoms with Crippen molar-refractivity contribution in [3.05, 3.63) is 23.8 Å². The van der Waals surface area contributed by atoms with Crippen molar-refractivity contribution in [2.45, 2.75) is 46.1 Å². The normalized spacial score (nSPS) is 10.8. The molecule has 2 rings (SSSR count). The van der Waals surface area contributed by atoms with Crippen molar-refractivity contribution in [3.8, 4) is 11.4 Å².